The molecule has 0 aromatic rings. The molecule has 0 aromatic carbocycles. The third kappa shape index (κ3) is 2.06. The molecule has 0 saturated carbocycles. The predicted molar refractivity (Wildman–Crippen MR) is 60.0 cm³/mol. The van der Waals surface area contributed by atoms with Gasteiger partial charge in [0.05, 0.1) is 5.41 Å². The Hall–Kier alpha value is -0.0531. The van der Waals surface area contributed by atoms with Crippen molar-refractivity contribution in [1.29, 1.82) is 0 Å². The van der Waals surface area contributed by atoms with Crippen LogP contribution >= 0.6 is 22.7 Å². The average molecular weight is 235 g/mol. The number of rotatable bonds is 2. The van der Waals surface area contributed by atoms with Crippen LogP contribution in [0.5, 0.6) is 0 Å². The van der Waals surface area contributed by atoms with Crippen LogP contribution in [0.2, 0.25) is 5.54 Å². The highest BCUT2D eigenvalue weighted by Gasteiger charge is 2.37. The second-order valence-corrected chi connectivity index (χ2v) is 6.02. The van der Waals surface area contributed by atoms with E-state index in [0.29, 0.717) is 0 Å². The lowest BCUT2D eigenvalue weighted by Gasteiger charge is -2.31. The quantitative estimate of drug-likeness (QED) is 0.408. The molecule has 1 nitrogen and oxygen atoms in total. The van der Waals surface area contributed by atoms with Gasteiger partial charge in [0.25, 0.3) is 0 Å². The van der Waals surface area contributed by atoms with E-state index < -0.39 is 14.2 Å². The summed E-state index contributed by atoms with van der Waals surface area (Å²) in [6, 6.07) is 0. The Kier molecular flexibility index (Phi) is 3.38. The monoisotopic (exact) mass is 234 g/mol. The van der Waals surface area contributed by atoms with E-state index in [4.69, 9.17) is 22.7 Å². The predicted octanol–water partition coefficient (Wildman–Crippen LogP) is 2.39. The fourth-order valence-electron chi connectivity index (χ4n) is 1.39. The Balaban J connectivity index is 3.01. The fraction of sp³-hybridized carbons (Fsp3) is 0.444. The van der Waals surface area contributed by atoms with Gasteiger partial charge in [0, 0.05) is 0 Å². The molecule has 13 heavy (non-hydrogen) atoms. The van der Waals surface area contributed by atoms with Gasteiger partial charge in [0.1, 0.15) is 8.83 Å². The summed E-state index contributed by atoms with van der Waals surface area (Å²) >= 11 is 11.5. The van der Waals surface area contributed by atoms with Gasteiger partial charge in [-0.1, -0.05) is 23.8 Å². The first-order valence-corrected chi connectivity index (χ1v) is 7.47. The van der Waals surface area contributed by atoms with Crippen molar-refractivity contribution in [3.8, 4) is 0 Å². The smallest absolute Gasteiger partial charge is 0.231 e. The molecule has 0 bridgehead atoms. The molecular weight excluding hydrogens is 223 g/mol. The van der Waals surface area contributed by atoms with E-state index in [1.54, 1.807) is 0 Å². The first-order chi connectivity index (χ1) is 6.00. The molecule has 0 heterocycles. The Morgan fingerprint density at radius 3 is 2.77 bits per heavy atom. The molecule has 0 amide bonds. The van der Waals surface area contributed by atoms with Crippen molar-refractivity contribution in [2.24, 2.45) is 5.41 Å². The fourth-order valence-corrected chi connectivity index (χ4v) is 4.05. The summed E-state index contributed by atoms with van der Waals surface area (Å²) in [7, 11) is -0.771. The molecule has 0 N–H and O–H groups in total. The Labute approximate surface area is 90.3 Å². The van der Waals surface area contributed by atoms with Crippen LogP contribution in [0.15, 0.2) is 23.8 Å². The van der Waals surface area contributed by atoms with Crippen LogP contribution < -0.4 is 0 Å². The van der Waals surface area contributed by atoms with Gasteiger partial charge in [-0.25, -0.2) is 0 Å². The van der Waals surface area contributed by atoms with E-state index in [-0.39, 0.29) is 10.8 Å². The molecule has 0 aliphatic heterocycles. The third-order valence-corrected chi connectivity index (χ3v) is 5.34. The van der Waals surface area contributed by atoms with Gasteiger partial charge in [-0.05, 0) is 31.0 Å². The zero-order valence-electron chi connectivity index (χ0n) is 7.68. The molecule has 0 aromatic heterocycles. The molecular formula is C9H12Cl2OSi. The number of carbonyl (C=O) groups excluding carboxylic acids is 1. The zero-order chi connectivity index (χ0) is 10.1. The minimum atomic E-state index is -0.771. The summed E-state index contributed by atoms with van der Waals surface area (Å²) < 4.78 is 0. The van der Waals surface area contributed by atoms with Gasteiger partial charge in [-0.15, -0.1) is 0 Å². The molecule has 0 spiro atoms. The van der Waals surface area contributed by atoms with Crippen LogP contribution in [-0.2, 0) is 4.79 Å². The first-order valence-electron chi connectivity index (χ1n) is 4.14. The highest BCUT2D eigenvalue weighted by Crippen LogP contribution is 2.41. The Morgan fingerprint density at radius 1 is 1.69 bits per heavy atom. The molecule has 0 radical (unpaired) electrons. The van der Waals surface area contributed by atoms with Gasteiger partial charge < -0.3 is 0 Å². The molecule has 1 rings (SSSR count). The van der Waals surface area contributed by atoms with Gasteiger partial charge in [0.2, 0.25) is 5.24 Å². The number of allylic oxidation sites excluding steroid dienone is 4. The summed E-state index contributed by atoms with van der Waals surface area (Å²) in [4.78, 5) is 11.2. The van der Waals surface area contributed by atoms with Crippen molar-refractivity contribution >= 4 is 36.8 Å². The van der Waals surface area contributed by atoms with Crippen molar-refractivity contribution < 1.29 is 4.79 Å². The second kappa shape index (κ2) is 3.99. The van der Waals surface area contributed by atoms with Gasteiger partial charge in [0.15, 0.2) is 0 Å². The van der Waals surface area contributed by atoms with E-state index in [0.717, 1.165) is 5.57 Å². The van der Waals surface area contributed by atoms with Crippen LogP contribution in [0.4, 0.5) is 0 Å². The van der Waals surface area contributed by atoms with Gasteiger partial charge in [-0.3, -0.25) is 4.79 Å². The number of hydrogen-bond donors (Lipinski definition) is 0. The molecule has 1 aliphatic carbocycles. The summed E-state index contributed by atoms with van der Waals surface area (Å²) in [5.41, 5.74) is 0.729. The van der Waals surface area contributed by atoms with Crippen molar-refractivity contribution in [3.05, 3.63) is 23.8 Å². The van der Waals surface area contributed by atoms with Crippen LogP contribution in [0.25, 0.3) is 0 Å². The van der Waals surface area contributed by atoms with E-state index in [1.807, 2.05) is 26.0 Å². The number of carbonyl (C=O) groups is 1. The molecule has 2 unspecified atom stereocenters. The van der Waals surface area contributed by atoms with Crippen LogP contribution in [0, 0.1) is 5.41 Å². The minimum Gasteiger partial charge on any atom is -0.280 e. The van der Waals surface area contributed by atoms with Crippen molar-refractivity contribution in [2.75, 3.05) is 0 Å². The summed E-state index contributed by atoms with van der Waals surface area (Å²) in [5, 5.41) is -0.314. The van der Waals surface area contributed by atoms with Crippen molar-refractivity contribution in [1.82, 2.24) is 0 Å². The highest BCUT2D eigenvalue weighted by atomic mass is 35.6. The lowest BCUT2D eigenvalue weighted by atomic mass is 9.83. The Bertz CT molecular complexity index is 285. The summed E-state index contributed by atoms with van der Waals surface area (Å²) in [5.74, 6) is 0. The van der Waals surface area contributed by atoms with Crippen LogP contribution in [0.3, 0.4) is 0 Å². The maximum Gasteiger partial charge on any atom is 0.231 e. The van der Waals surface area contributed by atoms with Gasteiger partial charge in [-0.2, -0.15) is 11.1 Å². The Morgan fingerprint density at radius 2 is 2.31 bits per heavy atom. The molecule has 1 aliphatic rings. The van der Waals surface area contributed by atoms with E-state index in [1.165, 1.54) is 0 Å². The normalized spacial score (nSPS) is 33.8. The zero-order valence-corrected chi connectivity index (χ0v) is 10.6. The van der Waals surface area contributed by atoms with E-state index in [2.05, 4.69) is 6.08 Å². The highest BCUT2D eigenvalue weighted by molar-refractivity contribution is 6.95. The maximum absolute atomic E-state index is 11.2. The maximum atomic E-state index is 11.2. The number of hydrogen-bond acceptors (Lipinski definition) is 1. The van der Waals surface area contributed by atoms with E-state index >= 15 is 0 Å². The summed E-state index contributed by atoms with van der Waals surface area (Å²) in [6.45, 7) is 3.85. The van der Waals surface area contributed by atoms with E-state index in [9.17, 15) is 4.79 Å². The second-order valence-electron chi connectivity index (χ2n) is 3.56. The van der Waals surface area contributed by atoms with Crippen molar-refractivity contribution in [2.45, 2.75) is 19.4 Å². The minimum absolute atomic E-state index is 0.143. The first kappa shape index (κ1) is 11.0. The molecule has 72 valence electrons. The summed E-state index contributed by atoms with van der Waals surface area (Å²) in [6.07, 6.45) is 5.86. The van der Waals surface area contributed by atoms with Crippen LogP contribution in [0.1, 0.15) is 13.8 Å². The lowest BCUT2D eigenvalue weighted by molar-refractivity contribution is -0.117. The van der Waals surface area contributed by atoms with Crippen LogP contribution in [-0.4, -0.2) is 14.1 Å². The SMILES string of the molecule is CC1=CC([SiH2]Cl)C(C)(C(=O)Cl)C=C1. The molecule has 0 saturated heterocycles. The molecule has 4 heteroatoms. The average Bonchev–Trinajstić information content (AvgIpc) is 2.09. The topological polar surface area (TPSA) is 17.1 Å². The number of halogens is 2. The molecule has 0 fully saturated rings. The standard InChI is InChI=1S/C9H12Cl2OSi/c1-6-3-4-9(2,8(10)12)7(5-6)13-11/h3-5,7H,13H2,1-2H3. The van der Waals surface area contributed by atoms with Crippen molar-refractivity contribution in [3.63, 3.8) is 0 Å². The lowest BCUT2D eigenvalue weighted by Crippen LogP contribution is -2.30. The molecule has 2 atom stereocenters. The van der Waals surface area contributed by atoms with Gasteiger partial charge >= 0.3 is 0 Å². The largest absolute Gasteiger partial charge is 0.280 e. The third-order valence-electron chi connectivity index (χ3n) is 2.52.